The number of urea groups is 1. The van der Waals surface area contributed by atoms with Crippen LogP contribution < -0.4 is 15.4 Å². The summed E-state index contributed by atoms with van der Waals surface area (Å²) in [5, 5.41) is 6.34. The lowest BCUT2D eigenvalue weighted by Gasteiger charge is -2.41. The summed E-state index contributed by atoms with van der Waals surface area (Å²) in [6.07, 6.45) is 1.63. The molecule has 6 rings (SSSR count). The first-order valence-corrected chi connectivity index (χ1v) is 13.7. The van der Waals surface area contributed by atoms with Gasteiger partial charge in [-0.05, 0) is 71.2 Å². The molecular formula is C32H35N3O4. The van der Waals surface area contributed by atoms with E-state index in [0.29, 0.717) is 38.8 Å². The fourth-order valence-corrected chi connectivity index (χ4v) is 5.83. The lowest BCUT2D eigenvalue weighted by atomic mass is 9.87. The standard InChI is InChI=1S/C32H35N3O4/c1-32(19-39-20-32)34-31(37)35-14-13-26-25(22-9-6-10-24(15-22)38-2)12-11-23(29(26)18-35)17-33-30(36)28-16-27(28)21-7-4-3-5-8-21/h3-12,15,27-28H,13-14,16-20H2,1-2H3,(H,33,36)(H,34,37)/t27-,28+/m1/s1. The summed E-state index contributed by atoms with van der Waals surface area (Å²) >= 11 is 0. The Balaban J connectivity index is 1.23. The van der Waals surface area contributed by atoms with Crippen molar-refractivity contribution in [3.05, 3.63) is 89.0 Å². The molecule has 7 nitrogen and oxygen atoms in total. The second kappa shape index (κ2) is 10.4. The predicted octanol–water partition coefficient (Wildman–Crippen LogP) is 4.64. The number of carbonyl (C=O) groups is 2. The molecule has 3 aromatic rings. The maximum Gasteiger partial charge on any atom is 0.318 e. The molecule has 2 atom stereocenters. The molecule has 0 aromatic heterocycles. The molecule has 0 radical (unpaired) electrons. The Labute approximate surface area is 229 Å². The van der Waals surface area contributed by atoms with Gasteiger partial charge in [0.2, 0.25) is 5.91 Å². The highest BCUT2D eigenvalue weighted by Crippen LogP contribution is 2.47. The Bertz CT molecular complexity index is 1390. The second-order valence-corrected chi connectivity index (χ2v) is 11.2. The van der Waals surface area contributed by atoms with Crippen LogP contribution in [0.4, 0.5) is 4.79 Å². The summed E-state index contributed by atoms with van der Waals surface area (Å²) < 4.78 is 10.8. The van der Waals surface area contributed by atoms with E-state index in [1.165, 1.54) is 11.1 Å². The molecule has 2 fully saturated rings. The van der Waals surface area contributed by atoms with Crippen LogP contribution in [-0.4, -0.2) is 49.2 Å². The molecule has 3 aromatic carbocycles. The summed E-state index contributed by atoms with van der Waals surface area (Å²) in [4.78, 5) is 28.1. The van der Waals surface area contributed by atoms with Crippen molar-refractivity contribution in [1.82, 2.24) is 15.5 Å². The number of rotatable bonds is 7. The topological polar surface area (TPSA) is 79.9 Å². The number of fused-ring (bicyclic) bond motifs is 1. The van der Waals surface area contributed by atoms with E-state index in [4.69, 9.17) is 9.47 Å². The van der Waals surface area contributed by atoms with Crippen molar-refractivity contribution < 1.29 is 19.1 Å². The zero-order valence-electron chi connectivity index (χ0n) is 22.5. The van der Waals surface area contributed by atoms with Crippen molar-refractivity contribution in [3.8, 4) is 16.9 Å². The van der Waals surface area contributed by atoms with E-state index in [2.05, 4.69) is 41.0 Å². The number of ether oxygens (including phenoxy) is 2. The Morgan fingerprint density at radius 1 is 1.05 bits per heavy atom. The highest BCUT2D eigenvalue weighted by Gasteiger charge is 2.43. The van der Waals surface area contributed by atoms with Crippen molar-refractivity contribution in [3.63, 3.8) is 0 Å². The summed E-state index contributed by atoms with van der Waals surface area (Å²) in [5.41, 5.74) is 6.54. The number of benzene rings is 3. The van der Waals surface area contributed by atoms with Crippen LogP contribution in [0.5, 0.6) is 5.75 Å². The molecule has 2 N–H and O–H groups in total. The van der Waals surface area contributed by atoms with E-state index in [9.17, 15) is 9.59 Å². The molecule has 202 valence electrons. The van der Waals surface area contributed by atoms with Gasteiger partial charge >= 0.3 is 6.03 Å². The van der Waals surface area contributed by atoms with E-state index in [1.54, 1.807) is 7.11 Å². The van der Waals surface area contributed by atoms with Gasteiger partial charge in [-0.1, -0.05) is 54.6 Å². The van der Waals surface area contributed by atoms with Gasteiger partial charge in [0.1, 0.15) is 5.75 Å². The molecule has 0 unspecified atom stereocenters. The number of amides is 3. The van der Waals surface area contributed by atoms with Gasteiger partial charge in [0, 0.05) is 25.6 Å². The first kappa shape index (κ1) is 25.4. The highest BCUT2D eigenvalue weighted by atomic mass is 16.5. The number of methoxy groups -OCH3 is 1. The molecule has 1 aliphatic carbocycles. The molecule has 1 saturated carbocycles. The first-order chi connectivity index (χ1) is 18.9. The predicted molar refractivity (Wildman–Crippen MR) is 149 cm³/mol. The Morgan fingerprint density at radius 3 is 2.62 bits per heavy atom. The maximum atomic E-state index is 13.2. The zero-order valence-corrected chi connectivity index (χ0v) is 22.5. The second-order valence-electron chi connectivity index (χ2n) is 11.2. The van der Waals surface area contributed by atoms with E-state index in [0.717, 1.165) is 40.8 Å². The average molecular weight is 526 g/mol. The summed E-state index contributed by atoms with van der Waals surface area (Å²) in [6.45, 7) is 4.64. The number of carbonyl (C=O) groups excluding carboxylic acids is 2. The maximum absolute atomic E-state index is 13.2. The van der Waals surface area contributed by atoms with Crippen LogP contribution >= 0.6 is 0 Å². The van der Waals surface area contributed by atoms with Crippen LogP contribution in [0, 0.1) is 5.92 Å². The quantitative estimate of drug-likeness (QED) is 0.471. The number of hydrogen-bond acceptors (Lipinski definition) is 4. The minimum absolute atomic E-state index is 0.0204. The lowest BCUT2D eigenvalue weighted by Crippen LogP contribution is -2.62. The van der Waals surface area contributed by atoms with Crippen molar-refractivity contribution in [2.45, 2.75) is 44.3 Å². The van der Waals surface area contributed by atoms with Crippen molar-refractivity contribution in [2.24, 2.45) is 5.92 Å². The third-order valence-corrected chi connectivity index (χ3v) is 8.23. The van der Waals surface area contributed by atoms with Gasteiger partial charge in [0.15, 0.2) is 0 Å². The molecule has 0 bridgehead atoms. The van der Waals surface area contributed by atoms with Crippen molar-refractivity contribution >= 4 is 11.9 Å². The molecule has 3 amide bonds. The van der Waals surface area contributed by atoms with Crippen LogP contribution in [0.15, 0.2) is 66.7 Å². The van der Waals surface area contributed by atoms with Gasteiger partial charge < -0.3 is 25.0 Å². The molecule has 0 spiro atoms. The van der Waals surface area contributed by atoms with E-state index in [1.807, 2.05) is 48.2 Å². The largest absolute Gasteiger partial charge is 0.497 e. The van der Waals surface area contributed by atoms with Gasteiger partial charge in [-0.15, -0.1) is 0 Å². The highest BCUT2D eigenvalue weighted by molar-refractivity contribution is 5.83. The SMILES string of the molecule is COc1cccc(-c2ccc(CNC(=O)[C@H]3C[C@@H]3c3ccccc3)c3c2CCN(C(=O)NC2(C)COC2)C3)c1. The molecule has 1 saturated heterocycles. The third kappa shape index (κ3) is 5.23. The molecule has 3 aliphatic rings. The van der Waals surface area contributed by atoms with Gasteiger partial charge in [-0.25, -0.2) is 4.79 Å². The molecule has 2 heterocycles. The minimum atomic E-state index is -0.309. The normalized spacial score (nSPS) is 20.8. The summed E-state index contributed by atoms with van der Waals surface area (Å²) in [7, 11) is 1.67. The van der Waals surface area contributed by atoms with Gasteiger partial charge in [0.05, 0.1) is 25.9 Å². The Morgan fingerprint density at radius 2 is 1.87 bits per heavy atom. The fourth-order valence-electron chi connectivity index (χ4n) is 5.83. The molecule has 2 aliphatic heterocycles. The smallest absolute Gasteiger partial charge is 0.318 e. The van der Waals surface area contributed by atoms with Crippen molar-refractivity contribution in [1.29, 1.82) is 0 Å². The number of nitrogens with one attached hydrogen (secondary N) is 2. The van der Waals surface area contributed by atoms with E-state index in [-0.39, 0.29) is 23.4 Å². The first-order valence-electron chi connectivity index (χ1n) is 13.7. The van der Waals surface area contributed by atoms with Gasteiger partial charge in [-0.2, -0.15) is 0 Å². The van der Waals surface area contributed by atoms with E-state index >= 15 is 0 Å². The van der Waals surface area contributed by atoms with E-state index < -0.39 is 0 Å². The average Bonchev–Trinajstić information content (AvgIpc) is 3.76. The third-order valence-electron chi connectivity index (χ3n) is 8.23. The Kier molecular flexibility index (Phi) is 6.77. The summed E-state index contributed by atoms with van der Waals surface area (Å²) in [6, 6.07) is 22.5. The van der Waals surface area contributed by atoms with Crippen LogP contribution in [0.2, 0.25) is 0 Å². The molecule has 7 heteroatoms. The van der Waals surface area contributed by atoms with Gasteiger partial charge in [0.25, 0.3) is 0 Å². The molecule has 39 heavy (non-hydrogen) atoms. The Hall–Kier alpha value is -3.84. The van der Waals surface area contributed by atoms with Crippen LogP contribution in [0.1, 0.15) is 41.5 Å². The zero-order chi connectivity index (χ0) is 27.0. The molecular weight excluding hydrogens is 490 g/mol. The van der Waals surface area contributed by atoms with Crippen LogP contribution in [-0.2, 0) is 29.0 Å². The lowest BCUT2D eigenvalue weighted by molar-refractivity contribution is -0.122. The minimum Gasteiger partial charge on any atom is -0.497 e. The number of hydrogen-bond donors (Lipinski definition) is 2. The van der Waals surface area contributed by atoms with Crippen LogP contribution in [0.25, 0.3) is 11.1 Å². The number of nitrogens with zero attached hydrogens (tertiary/aromatic N) is 1. The van der Waals surface area contributed by atoms with Gasteiger partial charge in [-0.3, -0.25) is 4.79 Å². The monoisotopic (exact) mass is 525 g/mol. The fraction of sp³-hybridized carbons (Fsp3) is 0.375. The van der Waals surface area contributed by atoms with Crippen LogP contribution in [0.3, 0.4) is 0 Å². The summed E-state index contributed by atoms with van der Waals surface area (Å²) in [5.74, 6) is 1.22. The van der Waals surface area contributed by atoms with Crippen molar-refractivity contribution in [2.75, 3.05) is 26.9 Å².